The highest BCUT2D eigenvalue weighted by atomic mass is 35.5. The van der Waals surface area contributed by atoms with Crippen LogP contribution >= 0.6 is 11.6 Å². The molecule has 1 aromatic carbocycles. The Kier molecular flexibility index (Phi) is 3.05. The molecule has 4 rings (SSSR count). The second-order valence-corrected chi connectivity index (χ2v) is 6.77. The fourth-order valence-corrected chi connectivity index (χ4v) is 4.31. The fraction of sp³-hybridized carbons (Fsp3) is 0.471. The molecule has 1 saturated carbocycles. The number of nitriles is 2. The monoisotopic (exact) mass is 328 g/mol. The zero-order valence-electron chi connectivity index (χ0n) is 12.2. The first-order chi connectivity index (χ1) is 11.1. The Morgan fingerprint density at radius 2 is 1.96 bits per heavy atom. The molecule has 1 spiro atoms. The number of hydrogen-bond donors (Lipinski definition) is 0. The molecule has 6 heteroatoms. The van der Waals surface area contributed by atoms with E-state index in [1.165, 1.54) is 0 Å². The molecule has 0 amide bonds. The van der Waals surface area contributed by atoms with E-state index < -0.39 is 23.0 Å². The number of ketones is 1. The van der Waals surface area contributed by atoms with Gasteiger partial charge in [-0.15, -0.1) is 0 Å². The number of fused-ring (bicyclic) bond motifs is 3. The summed E-state index contributed by atoms with van der Waals surface area (Å²) < 4.78 is 11.4. The Labute approximate surface area is 138 Å². The Morgan fingerprint density at radius 1 is 1.26 bits per heavy atom. The van der Waals surface area contributed by atoms with Gasteiger partial charge in [0.15, 0.2) is 17.5 Å². The predicted octanol–water partition coefficient (Wildman–Crippen LogP) is 2.71. The van der Waals surface area contributed by atoms with Crippen LogP contribution in [-0.2, 0) is 9.47 Å². The molecule has 0 aromatic heterocycles. The van der Waals surface area contributed by atoms with E-state index in [0.29, 0.717) is 30.0 Å². The van der Waals surface area contributed by atoms with Crippen LogP contribution in [0.25, 0.3) is 0 Å². The lowest BCUT2D eigenvalue weighted by Gasteiger charge is -2.29. The standard InChI is InChI=1S/C17H13ClN2O3/c18-11-3-1-10(2-4-11)13(21)14-16(8-19,9-20)17(14)6-5-12-7-22-15(17)23-12/h1-4,12,14-15H,5-7H2/t12-,14-,15+,17?/m0/s1. The summed E-state index contributed by atoms with van der Waals surface area (Å²) in [5, 5.41) is 19.8. The first kappa shape index (κ1) is 14.7. The van der Waals surface area contributed by atoms with E-state index >= 15 is 0 Å². The highest BCUT2D eigenvalue weighted by molar-refractivity contribution is 6.30. The molecule has 1 aliphatic carbocycles. The van der Waals surface area contributed by atoms with Crippen molar-refractivity contribution in [2.24, 2.45) is 16.7 Å². The molecule has 3 aliphatic rings. The van der Waals surface area contributed by atoms with Crippen LogP contribution in [0.15, 0.2) is 24.3 Å². The number of Topliss-reactive ketones (excluding diaryl/α,β-unsaturated/α-hetero) is 1. The molecule has 2 heterocycles. The van der Waals surface area contributed by atoms with E-state index in [-0.39, 0.29) is 11.9 Å². The summed E-state index contributed by atoms with van der Waals surface area (Å²) in [5.74, 6) is -0.947. The summed E-state index contributed by atoms with van der Waals surface area (Å²) in [6.45, 7) is 0.460. The van der Waals surface area contributed by atoms with Gasteiger partial charge in [0.25, 0.3) is 0 Å². The van der Waals surface area contributed by atoms with E-state index in [2.05, 4.69) is 12.1 Å². The lowest BCUT2D eigenvalue weighted by molar-refractivity contribution is -0.140. The quantitative estimate of drug-likeness (QED) is 0.779. The summed E-state index contributed by atoms with van der Waals surface area (Å²) in [7, 11) is 0. The SMILES string of the molecule is N#CC1(C#N)[C@H](C(=O)c2ccc(Cl)cc2)C12CC[C@H]1CO[C@@H]2O1. The molecule has 23 heavy (non-hydrogen) atoms. The van der Waals surface area contributed by atoms with Crippen LogP contribution in [0.1, 0.15) is 23.2 Å². The Balaban J connectivity index is 1.75. The Morgan fingerprint density at radius 3 is 2.61 bits per heavy atom. The summed E-state index contributed by atoms with van der Waals surface area (Å²) in [5.41, 5.74) is -1.80. The van der Waals surface area contributed by atoms with Gasteiger partial charge in [0.2, 0.25) is 0 Å². The maximum absolute atomic E-state index is 12.9. The largest absolute Gasteiger partial charge is 0.349 e. The van der Waals surface area contributed by atoms with Crippen LogP contribution in [0, 0.1) is 39.4 Å². The summed E-state index contributed by atoms with van der Waals surface area (Å²) in [4.78, 5) is 12.9. The maximum atomic E-state index is 12.9. The number of benzene rings is 1. The first-order valence-corrected chi connectivity index (χ1v) is 7.86. The van der Waals surface area contributed by atoms with Gasteiger partial charge in [-0.3, -0.25) is 4.79 Å². The van der Waals surface area contributed by atoms with E-state index in [1.807, 2.05) is 0 Å². The second kappa shape index (κ2) is 4.79. The van der Waals surface area contributed by atoms with Crippen molar-refractivity contribution in [2.45, 2.75) is 25.2 Å². The van der Waals surface area contributed by atoms with Gasteiger partial charge in [0.1, 0.15) is 0 Å². The van der Waals surface area contributed by atoms with Crippen molar-refractivity contribution in [1.82, 2.24) is 0 Å². The van der Waals surface area contributed by atoms with Crippen molar-refractivity contribution in [3.8, 4) is 12.1 Å². The summed E-state index contributed by atoms with van der Waals surface area (Å²) in [6, 6.07) is 10.7. The smallest absolute Gasteiger partial charge is 0.169 e. The third-order valence-corrected chi connectivity index (χ3v) is 5.64. The molecular formula is C17H13ClN2O3. The minimum Gasteiger partial charge on any atom is -0.349 e. The summed E-state index contributed by atoms with van der Waals surface area (Å²) >= 11 is 5.86. The number of carbonyl (C=O) groups is 1. The molecule has 1 unspecified atom stereocenters. The van der Waals surface area contributed by atoms with Gasteiger partial charge in [-0.25, -0.2) is 0 Å². The van der Waals surface area contributed by atoms with Gasteiger partial charge >= 0.3 is 0 Å². The molecule has 2 saturated heterocycles. The van der Waals surface area contributed by atoms with Crippen LogP contribution in [0.2, 0.25) is 5.02 Å². The van der Waals surface area contributed by atoms with Gasteiger partial charge < -0.3 is 9.47 Å². The Bertz CT molecular complexity index is 750. The van der Waals surface area contributed by atoms with Gasteiger partial charge in [0, 0.05) is 10.6 Å². The molecule has 0 N–H and O–H groups in total. The van der Waals surface area contributed by atoms with Crippen LogP contribution in [-0.4, -0.2) is 24.8 Å². The van der Waals surface area contributed by atoms with Crippen LogP contribution in [0.3, 0.4) is 0 Å². The van der Waals surface area contributed by atoms with Gasteiger partial charge in [-0.1, -0.05) is 11.6 Å². The van der Waals surface area contributed by atoms with E-state index in [9.17, 15) is 15.3 Å². The lowest BCUT2D eigenvalue weighted by atomic mass is 9.86. The minimum absolute atomic E-state index is 0.00703. The van der Waals surface area contributed by atoms with E-state index in [1.54, 1.807) is 24.3 Å². The molecule has 2 aliphatic heterocycles. The highest BCUT2D eigenvalue weighted by Gasteiger charge is 2.86. The van der Waals surface area contributed by atoms with Gasteiger partial charge in [-0.2, -0.15) is 10.5 Å². The molecule has 1 aromatic rings. The first-order valence-electron chi connectivity index (χ1n) is 7.48. The van der Waals surface area contributed by atoms with Crippen molar-refractivity contribution in [3.63, 3.8) is 0 Å². The molecule has 4 atom stereocenters. The average Bonchev–Trinajstić information content (AvgIpc) is 2.94. The van der Waals surface area contributed by atoms with Crippen molar-refractivity contribution in [1.29, 1.82) is 10.5 Å². The minimum atomic E-state index is -1.39. The molecule has 2 bridgehead atoms. The maximum Gasteiger partial charge on any atom is 0.169 e. The predicted molar refractivity (Wildman–Crippen MR) is 79.2 cm³/mol. The van der Waals surface area contributed by atoms with Gasteiger partial charge in [-0.05, 0) is 37.1 Å². The number of ether oxygens (including phenoxy) is 2. The molecule has 116 valence electrons. The van der Waals surface area contributed by atoms with Crippen molar-refractivity contribution >= 4 is 17.4 Å². The van der Waals surface area contributed by atoms with Crippen molar-refractivity contribution < 1.29 is 14.3 Å². The lowest BCUT2D eigenvalue weighted by Crippen LogP contribution is -2.35. The number of halogens is 1. The van der Waals surface area contributed by atoms with Crippen LogP contribution < -0.4 is 0 Å². The van der Waals surface area contributed by atoms with Gasteiger partial charge in [0.05, 0.1) is 36.2 Å². The number of carbonyl (C=O) groups excluding carboxylic acids is 1. The summed E-state index contributed by atoms with van der Waals surface area (Å²) in [6.07, 6.45) is 0.647. The second-order valence-electron chi connectivity index (χ2n) is 6.34. The van der Waals surface area contributed by atoms with Crippen molar-refractivity contribution in [3.05, 3.63) is 34.9 Å². The number of nitrogens with zero attached hydrogens (tertiary/aromatic N) is 2. The van der Waals surface area contributed by atoms with Crippen LogP contribution in [0.4, 0.5) is 0 Å². The normalized spacial score (nSPS) is 36.2. The van der Waals surface area contributed by atoms with Crippen molar-refractivity contribution in [2.75, 3.05) is 6.61 Å². The fourth-order valence-electron chi connectivity index (χ4n) is 4.18. The molecule has 5 nitrogen and oxygen atoms in total. The molecule has 0 radical (unpaired) electrons. The average molecular weight is 329 g/mol. The number of hydrogen-bond acceptors (Lipinski definition) is 5. The zero-order chi connectivity index (χ0) is 16.2. The van der Waals surface area contributed by atoms with Crippen LogP contribution in [0.5, 0.6) is 0 Å². The van der Waals surface area contributed by atoms with E-state index in [0.717, 1.165) is 0 Å². The zero-order valence-corrected chi connectivity index (χ0v) is 12.9. The third kappa shape index (κ3) is 1.70. The van der Waals surface area contributed by atoms with E-state index in [4.69, 9.17) is 21.1 Å². The Hall–Kier alpha value is -1.92. The third-order valence-electron chi connectivity index (χ3n) is 5.39. The molecule has 3 fully saturated rings. The topological polar surface area (TPSA) is 83.1 Å². The molecular weight excluding hydrogens is 316 g/mol. The highest BCUT2D eigenvalue weighted by Crippen LogP contribution is 2.76. The number of rotatable bonds is 2.